The first-order valence-corrected chi connectivity index (χ1v) is 12.1. The van der Waals surface area contributed by atoms with Crippen LogP contribution in [0.25, 0.3) is 0 Å². The largest absolute Gasteiger partial charge is 0.494 e. The number of carbonyl (C=O) groups excluding carboxylic acids is 2. The monoisotopic (exact) mass is 490 g/mol. The second-order valence-corrected chi connectivity index (χ2v) is 9.84. The number of ether oxygens (including phenoxy) is 4. The molecular formula is C30H34O6. The Morgan fingerprint density at radius 3 is 1.19 bits per heavy atom. The van der Waals surface area contributed by atoms with Gasteiger partial charge in [0.2, 0.25) is 0 Å². The summed E-state index contributed by atoms with van der Waals surface area (Å²) in [6.45, 7) is 8.11. The van der Waals surface area contributed by atoms with Crippen LogP contribution in [0.15, 0.2) is 84.9 Å². The Labute approximate surface area is 213 Å². The highest BCUT2D eigenvalue weighted by Crippen LogP contribution is 2.27. The molecule has 6 nitrogen and oxygen atoms in total. The minimum Gasteiger partial charge on any atom is -0.494 e. The van der Waals surface area contributed by atoms with Crippen molar-refractivity contribution < 1.29 is 28.5 Å². The molecule has 3 aromatic carbocycles. The molecule has 6 heteroatoms. The van der Waals surface area contributed by atoms with E-state index in [1.807, 2.05) is 88.4 Å². The average molecular weight is 491 g/mol. The quantitative estimate of drug-likeness (QED) is 0.214. The highest BCUT2D eigenvalue weighted by molar-refractivity contribution is 5.78. The molecule has 0 aliphatic carbocycles. The first-order chi connectivity index (χ1) is 17.2. The molecule has 0 saturated carbocycles. The number of para-hydroxylation sites is 2. The van der Waals surface area contributed by atoms with Crippen molar-refractivity contribution in [2.75, 3.05) is 13.2 Å². The van der Waals surface area contributed by atoms with Crippen LogP contribution < -0.4 is 18.9 Å². The smallest absolute Gasteiger partial charge is 0.317 e. The molecule has 0 aromatic heterocycles. The molecule has 0 spiro atoms. The number of rotatable bonds is 12. The zero-order chi connectivity index (χ0) is 26.0. The minimum atomic E-state index is -0.687. The summed E-state index contributed by atoms with van der Waals surface area (Å²) < 4.78 is 22.6. The first-order valence-electron chi connectivity index (χ1n) is 12.1. The second kappa shape index (κ2) is 12.2. The van der Waals surface area contributed by atoms with Crippen LogP contribution in [-0.4, -0.2) is 25.2 Å². The average Bonchev–Trinajstić information content (AvgIpc) is 2.86. The van der Waals surface area contributed by atoms with Gasteiger partial charge in [-0.05, 0) is 89.1 Å². The fraction of sp³-hybridized carbons (Fsp3) is 0.333. The minimum absolute atomic E-state index is 0.295. The van der Waals surface area contributed by atoms with Crippen LogP contribution in [0.3, 0.4) is 0 Å². The molecule has 36 heavy (non-hydrogen) atoms. The van der Waals surface area contributed by atoms with E-state index in [-0.39, 0.29) is 11.9 Å². The molecule has 0 atom stereocenters. The molecule has 0 saturated heterocycles. The summed E-state index contributed by atoms with van der Waals surface area (Å²) in [6, 6.07) is 25.3. The summed E-state index contributed by atoms with van der Waals surface area (Å²) in [5, 5.41) is 0. The lowest BCUT2D eigenvalue weighted by atomic mass is 9.90. The number of benzene rings is 3. The Morgan fingerprint density at radius 1 is 0.528 bits per heavy atom. The molecule has 190 valence electrons. The van der Waals surface area contributed by atoms with Crippen molar-refractivity contribution in [3.05, 3.63) is 84.9 Å². The van der Waals surface area contributed by atoms with Gasteiger partial charge < -0.3 is 18.9 Å². The molecular weight excluding hydrogens is 456 g/mol. The molecule has 0 unspecified atom stereocenters. The summed E-state index contributed by atoms with van der Waals surface area (Å²) in [5.74, 6) is 1.84. The van der Waals surface area contributed by atoms with E-state index in [1.165, 1.54) is 0 Å². The van der Waals surface area contributed by atoms with Crippen molar-refractivity contribution in [2.45, 2.75) is 40.5 Å². The summed E-state index contributed by atoms with van der Waals surface area (Å²) >= 11 is 0. The highest BCUT2D eigenvalue weighted by atomic mass is 16.5. The summed E-state index contributed by atoms with van der Waals surface area (Å²) in [6.07, 6.45) is 1.01. The van der Waals surface area contributed by atoms with E-state index in [0.717, 1.165) is 0 Å². The van der Waals surface area contributed by atoms with Crippen molar-refractivity contribution >= 4 is 11.9 Å². The summed E-state index contributed by atoms with van der Waals surface area (Å²) in [4.78, 5) is 25.0. The van der Waals surface area contributed by atoms with Crippen LogP contribution in [0.1, 0.15) is 40.5 Å². The van der Waals surface area contributed by atoms with Crippen LogP contribution >= 0.6 is 0 Å². The van der Waals surface area contributed by atoms with Gasteiger partial charge in [-0.3, -0.25) is 9.59 Å². The highest BCUT2D eigenvalue weighted by Gasteiger charge is 2.31. The Morgan fingerprint density at radius 2 is 0.861 bits per heavy atom. The maximum atomic E-state index is 12.5. The van der Waals surface area contributed by atoms with E-state index in [0.29, 0.717) is 49.1 Å². The Balaban J connectivity index is 1.39. The third kappa shape index (κ3) is 8.15. The molecule has 0 N–H and O–H groups in total. The van der Waals surface area contributed by atoms with Gasteiger partial charge in [0, 0.05) is 0 Å². The van der Waals surface area contributed by atoms with Gasteiger partial charge in [-0.1, -0.05) is 36.4 Å². The van der Waals surface area contributed by atoms with E-state index >= 15 is 0 Å². The van der Waals surface area contributed by atoms with Crippen molar-refractivity contribution in [2.24, 2.45) is 10.8 Å². The molecule has 0 radical (unpaired) electrons. The van der Waals surface area contributed by atoms with Crippen molar-refractivity contribution in [3.63, 3.8) is 0 Å². The number of hydrogen-bond acceptors (Lipinski definition) is 6. The third-order valence-electron chi connectivity index (χ3n) is 5.83. The summed E-state index contributed by atoms with van der Waals surface area (Å²) in [5.41, 5.74) is -1.37. The molecule has 0 fully saturated rings. The molecule has 0 aliphatic heterocycles. The lowest BCUT2D eigenvalue weighted by Crippen LogP contribution is -2.30. The molecule has 0 aliphatic rings. The maximum absolute atomic E-state index is 12.5. The maximum Gasteiger partial charge on any atom is 0.317 e. The summed E-state index contributed by atoms with van der Waals surface area (Å²) in [7, 11) is 0. The van der Waals surface area contributed by atoms with E-state index in [1.54, 1.807) is 24.3 Å². The lowest BCUT2D eigenvalue weighted by Gasteiger charge is -2.23. The molecule has 3 rings (SSSR count). The van der Waals surface area contributed by atoms with Gasteiger partial charge in [0.05, 0.1) is 24.0 Å². The normalized spacial score (nSPS) is 11.4. The van der Waals surface area contributed by atoms with E-state index in [4.69, 9.17) is 18.9 Å². The van der Waals surface area contributed by atoms with Gasteiger partial charge in [0.15, 0.2) is 0 Å². The number of carbonyl (C=O) groups is 2. The second-order valence-electron chi connectivity index (χ2n) is 9.84. The molecule has 0 bridgehead atoms. The van der Waals surface area contributed by atoms with E-state index in [2.05, 4.69) is 0 Å². The van der Waals surface area contributed by atoms with Gasteiger partial charge in [-0.15, -0.1) is 0 Å². The van der Waals surface area contributed by atoms with Crippen LogP contribution in [0.4, 0.5) is 0 Å². The van der Waals surface area contributed by atoms with Crippen molar-refractivity contribution in [3.8, 4) is 23.0 Å². The first kappa shape index (κ1) is 26.8. The molecule has 0 amide bonds. The Kier molecular flexibility index (Phi) is 9.12. The van der Waals surface area contributed by atoms with Gasteiger partial charge in [0.1, 0.15) is 23.0 Å². The Bertz CT molecular complexity index is 1010. The number of esters is 2. The zero-order valence-electron chi connectivity index (χ0n) is 21.4. The fourth-order valence-corrected chi connectivity index (χ4v) is 3.15. The predicted molar refractivity (Wildman–Crippen MR) is 138 cm³/mol. The third-order valence-corrected chi connectivity index (χ3v) is 5.83. The molecule has 3 aromatic rings. The van der Waals surface area contributed by atoms with Crippen LogP contribution in [-0.2, 0) is 9.59 Å². The van der Waals surface area contributed by atoms with Gasteiger partial charge >= 0.3 is 11.9 Å². The Hall–Kier alpha value is -3.80. The van der Waals surface area contributed by atoms with Crippen LogP contribution in [0, 0.1) is 10.8 Å². The van der Waals surface area contributed by atoms with Gasteiger partial charge in [-0.25, -0.2) is 0 Å². The van der Waals surface area contributed by atoms with Gasteiger partial charge in [-0.2, -0.15) is 0 Å². The van der Waals surface area contributed by atoms with Crippen molar-refractivity contribution in [1.82, 2.24) is 0 Å². The predicted octanol–water partition coefficient (Wildman–Crippen LogP) is 6.49. The topological polar surface area (TPSA) is 71.1 Å². The van der Waals surface area contributed by atoms with Crippen LogP contribution in [0.5, 0.6) is 23.0 Å². The molecule has 0 heterocycles. The van der Waals surface area contributed by atoms with Crippen molar-refractivity contribution in [1.29, 1.82) is 0 Å². The fourth-order valence-electron chi connectivity index (χ4n) is 3.15. The standard InChI is InChI=1S/C30H34O6/c1-29(2,27(31)35-25-11-7-5-8-12-25)19-21-33-23-15-17-24(18-16-23)34-22-20-30(3,4)28(32)36-26-13-9-6-10-14-26/h5-18H,19-22H2,1-4H3. The zero-order valence-corrected chi connectivity index (χ0v) is 21.4. The lowest BCUT2D eigenvalue weighted by molar-refractivity contribution is -0.145. The van der Waals surface area contributed by atoms with Gasteiger partial charge in [0.25, 0.3) is 0 Å². The SMILES string of the molecule is CC(C)(CCOc1ccc(OCCC(C)(C)C(=O)Oc2ccccc2)cc1)C(=O)Oc1ccccc1. The van der Waals surface area contributed by atoms with E-state index < -0.39 is 10.8 Å². The van der Waals surface area contributed by atoms with Crippen LogP contribution in [0.2, 0.25) is 0 Å². The van der Waals surface area contributed by atoms with E-state index in [9.17, 15) is 9.59 Å². The number of hydrogen-bond donors (Lipinski definition) is 0.